The highest BCUT2D eigenvalue weighted by Gasteiger charge is 2.26. The Balaban J connectivity index is 1.30. The van der Waals surface area contributed by atoms with Crippen molar-refractivity contribution in [3.8, 4) is 5.69 Å². The lowest BCUT2D eigenvalue weighted by atomic mass is 10.2. The normalized spacial score (nSPS) is 13.9. The second-order valence-corrected chi connectivity index (χ2v) is 10.4. The molecule has 200 valence electrons. The van der Waals surface area contributed by atoms with Crippen molar-refractivity contribution in [3.05, 3.63) is 81.5 Å². The maximum absolute atomic E-state index is 13.3. The summed E-state index contributed by atoms with van der Waals surface area (Å²) in [5.74, 6) is 1.29. The number of aryl methyl sites for hydroxylation is 2. The zero-order chi connectivity index (χ0) is 26.9. The van der Waals surface area contributed by atoms with E-state index >= 15 is 0 Å². The standard InChI is InChI=1S/C26H28N10O2S/c1-31-22-21(23(37)32(2)26(31)38)35(17-18-39-25-28-29-30-36(25)20-11-7-4-8-12-20)24(27-22)34-15-13-33(14-16-34)19-9-5-3-6-10-19/h3-12H,13-18H2,1-2H3. The molecule has 0 atom stereocenters. The van der Waals surface area contributed by atoms with Gasteiger partial charge in [0, 0.05) is 58.3 Å². The third kappa shape index (κ3) is 4.58. The third-order valence-corrected chi connectivity index (χ3v) is 7.90. The van der Waals surface area contributed by atoms with Gasteiger partial charge in [0.15, 0.2) is 11.2 Å². The maximum Gasteiger partial charge on any atom is 0.332 e. The third-order valence-electron chi connectivity index (χ3n) is 7.00. The van der Waals surface area contributed by atoms with Crippen LogP contribution in [-0.2, 0) is 20.6 Å². The fourth-order valence-electron chi connectivity index (χ4n) is 4.92. The molecule has 39 heavy (non-hydrogen) atoms. The first-order valence-corrected chi connectivity index (χ1v) is 13.7. The Hall–Kier alpha value is -4.39. The summed E-state index contributed by atoms with van der Waals surface area (Å²) in [6.45, 7) is 3.62. The predicted molar refractivity (Wildman–Crippen MR) is 151 cm³/mol. The maximum atomic E-state index is 13.3. The molecule has 4 heterocycles. The van der Waals surface area contributed by atoms with Crippen molar-refractivity contribution in [2.45, 2.75) is 11.7 Å². The van der Waals surface area contributed by atoms with Crippen LogP contribution in [0.5, 0.6) is 0 Å². The van der Waals surface area contributed by atoms with Crippen LogP contribution in [0.25, 0.3) is 16.9 Å². The minimum Gasteiger partial charge on any atom is -0.368 e. The molecular weight excluding hydrogens is 516 g/mol. The molecule has 1 fully saturated rings. The first kappa shape index (κ1) is 24.9. The summed E-state index contributed by atoms with van der Waals surface area (Å²) in [6, 6.07) is 20.0. The number of hydrogen-bond donors (Lipinski definition) is 0. The van der Waals surface area contributed by atoms with Crippen molar-refractivity contribution >= 4 is 34.6 Å². The van der Waals surface area contributed by atoms with Gasteiger partial charge >= 0.3 is 5.69 Å². The second-order valence-electron chi connectivity index (χ2n) is 9.31. The molecule has 2 aromatic carbocycles. The van der Waals surface area contributed by atoms with E-state index in [1.165, 1.54) is 29.1 Å². The Bertz CT molecular complexity index is 1720. The number of tetrazole rings is 1. The van der Waals surface area contributed by atoms with Crippen molar-refractivity contribution in [3.63, 3.8) is 0 Å². The zero-order valence-electron chi connectivity index (χ0n) is 21.7. The van der Waals surface area contributed by atoms with Crippen LogP contribution in [0.3, 0.4) is 0 Å². The first-order valence-electron chi connectivity index (χ1n) is 12.7. The van der Waals surface area contributed by atoms with Crippen molar-refractivity contribution in [1.29, 1.82) is 0 Å². The molecule has 0 aliphatic carbocycles. The number of benzene rings is 2. The van der Waals surface area contributed by atoms with E-state index in [1.807, 2.05) is 53.1 Å². The number of anilines is 2. The molecule has 0 radical (unpaired) electrons. The number of nitrogens with zero attached hydrogens (tertiary/aromatic N) is 10. The van der Waals surface area contributed by atoms with Gasteiger partial charge in [0.1, 0.15) is 0 Å². The molecule has 1 aliphatic heterocycles. The minimum absolute atomic E-state index is 0.353. The van der Waals surface area contributed by atoms with Crippen molar-refractivity contribution in [2.75, 3.05) is 41.7 Å². The van der Waals surface area contributed by atoms with Crippen molar-refractivity contribution in [2.24, 2.45) is 14.1 Å². The predicted octanol–water partition coefficient (Wildman–Crippen LogP) is 1.53. The van der Waals surface area contributed by atoms with Crippen LogP contribution < -0.4 is 21.0 Å². The number of fused-ring (bicyclic) bond motifs is 1. The molecular formula is C26H28N10O2S. The van der Waals surface area contributed by atoms with Gasteiger partial charge < -0.3 is 14.4 Å². The summed E-state index contributed by atoms with van der Waals surface area (Å²) in [6.07, 6.45) is 0. The van der Waals surface area contributed by atoms with Gasteiger partial charge in [-0.1, -0.05) is 48.2 Å². The van der Waals surface area contributed by atoms with Gasteiger partial charge in [0.05, 0.1) is 5.69 Å². The molecule has 0 amide bonds. The average molecular weight is 545 g/mol. The highest BCUT2D eigenvalue weighted by Crippen LogP contribution is 2.25. The first-order chi connectivity index (χ1) is 19.0. The Kier molecular flexibility index (Phi) is 6.65. The van der Waals surface area contributed by atoms with E-state index in [1.54, 1.807) is 11.7 Å². The monoisotopic (exact) mass is 544 g/mol. The van der Waals surface area contributed by atoms with Gasteiger partial charge in [0.25, 0.3) is 5.56 Å². The molecule has 1 aliphatic rings. The lowest BCUT2D eigenvalue weighted by Gasteiger charge is -2.36. The lowest BCUT2D eigenvalue weighted by Crippen LogP contribution is -2.47. The van der Waals surface area contributed by atoms with Gasteiger partial charge in [-0.2, -0.15) is 9.67 Å². The molecule has 0 unspecified atom stereocenters. The molecule has 0 N–H and O–H groups in total. The Morgan fingerprint density at radius 1 is 0.821 bits per heavy atom. The number of rotatable bonds is 7. The Morgan fingerprint density at radius 3 is 2.15 bits per heavy atom. The van der Waals surface area contributed by atoms with Gasteiger partial charge in [-0.05, 0) is 34.7 Å². The summed E-state index contributed by atoms with van der Waals surface area (Å²) < 4.78 is 6.23. The van der Waals surface area contributed by atoms with E-state index < -0.39 is 5.69 Å². The molecule has 6 rings (SSSR count). The molecule has 0 spiro atoms. The summed E-state index contributed by atoms with van der Waals surface area (Å²) in [4.78, 5) is 35.4. The second kappa shape index (κ2) is 10.4. The largest absolute Gasteiger partial charge is 0.368 e. The molecule has 0 bridgehead atoms. The molecule has 1 saturated heterocycles. The number of aromatic nitrogens is 8. The SMILES string of the molecule is Cn1c(=O)c2c(nc(N3CCN(c4ccccc4)CC3)n2CCSc2nnnn2-c2ccccc2)n(C)c1=O. The smallest absolute Gasteiger partial charge is 0.332 e. The average Bonchev–Trinajstić information content (AvgIpc) is 3.61. The number of hydrogen-bond acceptors (Lipinski definition) is 9. The van der Waals surface area contributed by atoms with Gasteiger partial charge in [0.2, 0.25) is 11.1 Å². The van der Waals surface area contributed by atoms with E-state index in [2.05, 4.69) is 37.5 Å². The van der Waals surface area contributed by atoms with E-state index in [4.69, 9.17) is 4.98 Å². The summed E-state index contributed by atoms with van der Waals surface area (Å²) in [5, 5.41) is 12.8. The van der Waals surface area contributed by atoms with E-state index in [9.17, 15) is 9.59 Å². The summed E-state index contributed by atoms with van der Waals surface area (Å²) >= 11 is 1.50. The highest BCUT2D eigenvalue weighted by molar-refractivity contribution is 7.99. The van der Waals surface area contributed by atoms with Crippen LogP contribution in [0.15, 0.2) is 75.4 Å². The fraction of sp³-hybridized carbons (Fsp3) is 0.308. The Labute approximate surface area is 228 Å². The highest BCUT2D eigenvalue weighted by atomic mass is 32.2. The number of para-hydroxylation sites is 2. The quantitative estimate of drug-likeness (QED) is 0.282. The van der Waals surface area contributed by atoms with Crippen LogP contribution in [-0.4, -0.2) is 70.8 Å². The topological polar surface area (TPSA) is 112 Å². The zero-order valence-corrected chi connectivity index (χ0v) is 22.5. The summed E-state index contributed by atoms with van der Waals surface area (Å²) in [5.41, 5.74) is 2.13. The molecule has 5 aromatic rings. The van der Waals surface area contributed by atoms with Crippen LogP contribution in [0.2, 0.25) is 0 Å². The van der Waals surface area contributed by atoms with Crippen LogP contribution >= 0.6 is 11.8 Å². The van der Waals surface area contributed by atoms with E-state index in [-0.39, 0.29) is 5.56 Å². The van der Waals surface area contributed by atoms with E-state index in [0.717, 1.165) is 36.4 Å². The number of piperazine rings is 1. The number of imidazole rings is 1. The van der Waals surface area contributed by atoms with Crippen molar-refractivity contribution < 1.29 is 0 Å². The van der Waals surface area contributed by atoms with Gasteiger partial charge in [-0.25, -0.2) is 4.79 Å². The van der Waals surface area contributed by atoms with Crippen LogP contribution in [0, 0.1) is 0 Å². The van der Waals surface area contributed by atoms with Gasteiger partial charge in [-0.3, -0.25) is 13.9 Å². The minimum atomic E-state index is -0.394. The summed E-state index contributed by atoms with van der Waals surface area (Å²) in [7, 11) is 3.16. The van der Waals surface area contributed by atoms with Crippen LogP contribution in [0.4, 0.5) is 11.6 Å². The molecule has 0 saturated carbocycles. The number of thioether (sulfide) groups is 1. The van der Waals surface area contributed by atoms with Crippen LogP contribution in [0.1, 0.15) is 0 Å². The lowest BCUT2D eigenvalue weighted by molar-refractivity contribution is 0.622. The van der Waals surface area contributed by atoms with E-state index in [0.29, 0.717) is 34.6 Å². The fourth-order valence-corrected chi connectivity index (χ4v) is 5.73. The molecule has 12 nitrogen and oxygen atoms in total. The molecule has 13 heteroatoms. The molecule has 3 aromatic heterocycles. The van der Waals surface area contributed by atoms with Gasteiger partial charge in [-0.15, -0.1) is 5.10 Å². The Morgan fingerprint density at radius 2 is 1.46 bits per heavy atom. The van der Waals surface area contributed by atoms with Crippen molar-refractivity contribution in [1.82, 2.24) is 38.9 Å².